The maximum absolute atomic E-state index is 10.9. The van der Waals surface area contributed by atoms with Crippen LogP contribution in [0.1, 0.15) is 39.0 Å². The maximum Gasteiger partial charge on any atom is 0.233 e. The minimum Gasteiger partial charge on any atom is -0.390 e. The quantitative estimate of drug-likeness (QED) is 0.360. The summed E-state index contributed by atoms with van der Waals surface area (Å²) in [4.78, 5) is 13.2. The van der Waals surface area contributed by atoms with Crippen LogP contribution < -0.4 is 11.3 Å². The number of nitrogens with two attached hydrogens (primary N) is 1. The van der Waals surface area contributed by atoms with Crippen LogP contribution in [0.2, 0.25) is 0 Å². The van der Waals surface area contributed by atoms with Gasteiger partial charge in [0.1, 0.15) is 0 Å². The first-order valence-corrected chi connectivity index (χ1v) is 5.98. The van der Waals surface area contributed by atoms with E-state index in [1.54, 1.807) is 0 Å². The molecule has 0 spiro atoms. The SMILES string of the molecule is CC1(O)CCCN(CCCC(=O)NN)CC1. The fourth-order valence-corrected chi connectivity index (χ4v) is 2.08. The van der Waals surface area contributed by atoms with Crippen molar-refractivity contribution in [3.05, 3.63) is 0 Å². The zero-order valence-electron chi connectivity index (χ0n) is 10.0. The van der Waals surface area contributed by atoms with Crippen molar-refractivity contribution < 1.29 is 9.90 Å². The first kappa shape index (κ1) is 13.4. The molecule has 0 bridgehead atoms. The van der Waals surface area contributed by atoms with E-state index in [2.05, 4.69) is 10.3 Å². The van der Waals surface area contributed by atoms with E-state index < -0.39 is 5.60 Å². The topological polar surface area (TPSA) is 78.6 Å². The Kier molecular flexibility index (Phi) is 5.18. The van der Waals surface area contributed by atoms with E-state index in [9.17, 15) is 9.90 Å². The lowest BCUT2D eigenvalue weighted by molar-refractivity contribution is -0.121. The number of nitrogens with one attached hydrogen (secondary N) is 1. The lowest BCUT2D eigenvalue weighted by Gasteiger charge is -2.22. The fourth-order valence-electron chi connectivity index (χ4n) is 2.08. The lowest BCUT2D eigenvalue weighted by Crippen LogP contribution is -2.32. The van der Waals surface area contributed by atoms with Crippen molar-refractivity contribution >= 4 is 5.91 Å². The van der Waals surface area contributed by atoms with Gasteiger partial charge in [-0.25, -0.2) is 5.84 Å². The second kappa shape index (κ2) is 6.18. The highest BCUT2D eigenvalue weighted by Gasteiger charge is 2.24. The van der Waals surface area contributed by atoms with E-state index in [4.69, 9.17) is 5.84 Å². The van der Waals surface area contributed by atoms with E-state index in [1.807, 2.05) is 6.92 Å². The molecule has 94 valence electrons. The average molecular weight is 229 g/mol. The molecule has 1 aliphatic rings. The Labute approximate surface area is 97.0 Å². The molecule has 16 heavy (non-hydrogen) atoms. The summed E-state index contributed by atoms with van der Waals surface area (Å²) in [6, 6.07) is 0. The molecule has 1 unspecified atom stereocenters. The summed E-state index contributed by atoms with van der Waals surface area (Å²) < 4.78 is 0. The van der Waals surface area contributed by atoms with Crippen molar-refractivity contribution in [2.45, 2.75) is 44.6 Å². The number of amides is 1. The first-order chi connectivity index (χ1) is 7.53. The van der Waals surface area contributed by atoms with Crippen LogP contribution in [-0.4, -0.2) is 41.1 Å². The number of likely N-dealkylation sites (tertiary alicyclic amines) is 1. The van der Waals surface area contributed by atoms with Crippen LogP contribution in [0.4, 0.5) is 0 Å². The number of nitrogens with zero attached hydrogens (tertiary/aromatic N) is 1. The third-order valence-electron chi connectivity index (χ3n) is 3.20. The van der Waals surface area contributed by atoms with Crippen molar-refractivity contribution in [2.75, 3.05) is 19.6 Å². The number of hydrazine groups is 1. The molecule has 0 aromatic carbocycles. The molecule has 5 nitrogen and oxygen atoms in total. The second-order valence-electron chi connectivity index (χ2n) is 4.86. The standard InChI is InChI=1S/C11H23N3O2/c1-11(16)5-3-8-14(9-6-11)7-2-4-10(15)13-12/h16H,2-9,12H2,1H3,(H,13,15). The predicted molar refractivity (Wildman–Crippen MR) is 62.5 cm³/mol. The highest BCUT2D eigenvalue weighted by atomic mass is 16.3. The summed E-state index contributed by atoms with van der Waals surface area (Å²) in [5.74, 6) is 4.90. The van der Waals surface area contributed by atoms with Gasteiger partial charge in [-0.3, -0.25) is 10.2 Å². The molecule has 1 fully saturated rings. The van der Waals surface area contributed by atoms with Crippen LogP contribution >= 0.6 is 0 Å². The van der Waals surface area contributed by atoms with Crippen LogP contribution in [0.3, 0.4) is 0 Å². The third-order valence-corrected chi connectivity index (χ3v) is 3.20. The molecule has 1 amide bonds. The molecule has 1 rings (SSSR count). The summed E-state index contributed by atoms with van der Waals surface area (Å²) in [7, 11) is 0. The molecular weight excluding hydrogens is 206 g/mol. The van der Waals surface area contributed by atoms with E-state index in [-0.39, 0.29) is 5.91 Å². The summed E-state index contributed by atoms with van der Waals surface area (Å²) in [6.45, 7) is 4.74. The summed E-state index contributed by atoms with van der Waals surface area (Å²) in [5.41, 5.74) is 1.62. The van der Waals surface area contributed by atoms with Gasteiger partial charge in [0.15, 0.2) is 0 Å². The molecule has 1 saturated heterocycles. The normalized spacial score (nSPS) is 27.4. The molecule has 0 aromatic heterocycles. The van der Waals surface area contributed by atoms with Crippen LogP contribution in [0.15, 0.2) is 0 Å². The maximum atomic E-state index is 10.9. The summed E-state index contributed by atoms with van der Waals surface area (Å²) in [6.07, 6.45) is 4.01. The van der Waals surface area contributed by atoms with Gasteiger partial charge in [-0.2, -0.15) is 0 Å². The zero-order valence-corrected chi connectivity index (χ0v) is 10.0. The van der Waals surface area contributed by atoms with Crippen LogP contribution in [0, 0.1) is 0 Å². The van der Waals surface area contributed by atoms with Gasteiger partial charge >= 0.3 is 0 Å². The number of carbonyl (C=O) groups is 1. The van der Waals surface area contributed by atoms with Gasteiger partial charge in [0.2, 0.25) is 5.91 Å². The summed E-state index contributed by atoms with van der Waals surface area (Å²) >= 11 is 0. The van der Waals surface area contributed by atoms with Gasteiger partial charge < -0.3 is 10.0 Å². The molecule has 1 atom stereocenters. The smallest absolute Gasteiger partial charge is 0.233 e. The van der Waals surface area contributed by atoms with Crippen molar-refractivity contribution in [3.8, 4) is 0 Å². The van der Waals surface area contributed by atoms with Crippen molar-refractivity contribution in [2.24, 2.45) is 5.84 Å². The molecule has 0 aliphatic carbocycles. The minimum absolute atomic E-state index is 0.109. The number of aliphatic hydroxyl groups is 1. The predicted octanol–water partition coefficient (Wildman–Crippen LogP) is -0.00660. The van der Waals surface area contributed by atoms with Crippen LogP contribution in [0.25, 0.3) is 0 Å². The highest BCUT2D eigenvalue weighted by molar-refractivity contribution is 5.75. The Morgan fingerprint density at radius 2 is 2.25 bits per heavy atom. The first-order valence-electron chi connectivity index (χ1n) is 5.98. The molecule has 0 saturated carbocycles. The Balaban J connectivity index is 2.20. The Bertz CT molecular complexity index is 231. The highest BCUT2D eigenvalue weighted by Crippen LogP contribution is 2.21. The van der Waals surface area contributed by atoms with E-state index in [1.165, 1.54) is 0 Å². The van der Waals surface area contributed by atoms with Crippen LogP contribution in [-0.2, 0) is 4.79 Å². The van der Waals surface area contributed by atoms with Crippen LogP contribution in [0.5, 0.6) is 0 Å². The van der Waals surface area contributed by atoms with Gasteiger partial charge in [0.05, 0.1) is 5.60 Å². The molecule has 1 aliphatic heterocycles. The lowest BCUT2D eigenvalue weighted by atomic mass is 9.98. The second-order valence-corrected chi connectivity index (χ2v) is 4.86. The van der Waals surface area contributed by atoms with Crippen molar-refractivity contribution in [3.63, 3.8) is 0 Å². The molecule has 5 heteroatoms. The Hall–Kier alpha value is -0.650. The largest absolute Gasteiger partial charge is 0.390 e. The Morgan fingerprint density at radius 3 is 2.94 bits per heavy atom. The van der Waals surface area contributed by atoms with Gasteiger partial charge in [0, 0.05) is 13.0 Å². The van der Waals surface area contributed by atoms with E-state index >= 15 is 0 Å². The minimum atomic E-state index is -0.511. The van der Waals surface area contributed by atoms with E-state index in [0.29, 0.717) is 6.42 Å². The monoisotopic (exact) mass is 229 g/mol. The van der Waals surface area contributed by atoms with Gasteiger partial charge in [0.25, 0.3) is 0 Å². The van der Waals surface area contributed by atoms with Gasteiger partial charge in [-0.15, -0.1) is 0 Å². The number of carbonyl (C=O) groups excluding carboxylic acids is 1. The molecule has 4 N–H and O–H groups in total. The van der Waals surface area contributed by atoms with Gasteiger partial charge in [-0.05, 0) is 45.7 Å². The van der Waals surface area contributed by atoms with E-state index in [0.717, 1.165) is 45.3 Å². The number of rotatable bonds is 4. The van der Waals surface area contributed by atoms with Crippen molar-refractivity contribution in [1.82, 2.24) is 10.3 Å². The molecule has 0 aromatic rings. The summed E-state index contributed by atoms with van der Waals surface area (Å²) in [5, 5.41) is 9.92. The van der Waals surface area contributed by atoms with Gasteiger partial charge in [-0.1, -0.05) is 0 Å². The van der Waals surface area contributed by atoms with Crippen molar-refractivity contribution in [1.29, 1.82) is 0 Å². The fraction of sp³-hybridized carbons (Fsp3) is 0.909. The number of hydrogen-bond donors (Lipinski definition) is 3. The third kappa shape index (κ3) is 4.92. The molecule has 1 heterocycles. The molecule has 0 radical (unpaired) electrons. The zero-order chi connectivity index (χ0) is 12.0. The average Bonchev–Trinajstić information content (AvgIpc) is 2.40. The Morgan fingerprint density at radius 1 is 1.50 bits per heavy atom. The number of hydrogen-bond acceptors (Lipinski definition) is 4. The molecular formula is C11H23N3O2.